The highest BCUT2D eigenvalue weighted by Gasteiger charge is 2.22. The van der Waals surface area contributed by atoms with Gasteiger partial charge in [0.05, 0.1) is 17.7 Å². The first-order chi connectivity index (χ1) is 19.6. The van der Waals surface area contributed by atoms with Crippen molar-refractivity contribution in [3.63, 3.8) is 0 Å². The molecule has 3 rings (SSSR count). The smallest absolute Gasteiger partial charge is 0.294 e. The van der Waals surface area contributed by atoms with Crippen LogP contribution in [0.15, 0.2) is 46.3 Å². The molecule has 0 spiro atoms. The number of hydrogen-bond acceptors (Lipinski definition) is 8. The van der Waals surface area contributed by atoms with Crippen LogP contribution < -0.4 is 36.4 Å². The number of amidine groups is 1. The molecule has 11 heteroatoms. The van der Waals surface area contributed by atoms with E-state index in [1.807, 2.05) is 61.4 Å². The summed E-state index contributed by atoms with van der Waals surface area (Å²) < 4.78 is 7.24. The van der Waals surface area contributed by atoms with Crippen LogP contribution in [0.1, 0.15) is 32.3 Å². The first-order valence-electron chi connectivity index (χ1n) is 13.6. The largest absolute Gasteiger partial charge is 0.494 e. The number of methoxy groups -OCH3 is 1. The van der Waals surface area contributed by atoms with Gasteiger partial charge in [-0.05, 0) is 33.5 Å². The fourth-order valence-corrected chi connectivity index (χ4v) is 4.40. The number of likely N-dealkylation sites (N-methyl/N-ethyl adjacent to an activating group) is 2. The zero-order valence-corrected chi connectivity index (χ0v) is 25.0. The Hall–Kier alpha value is -4.38. The number of allylic oxidation sites excluding steroid dienone is 2. The summed E-state index contributed by atoms with van der Waals surface area (Å²) in [5, 5.41) is 19.9. The first kappa shape index (κ1) is 31.2. The van der Waals surface area contributed by atoms with Crippen molar-refractivity contribution in [2.45, 2.75) is 26.7 Å². The van der Waals surface area contributed by atoms with Crippen molar-refractivity contribution in [1.82, 2.24) is 14.8 Å². The zero-order chi connectivity index (χ0) is 30.1. The predicted molar refractivity (Wildman–Crippen MR) is 168 cm³/mol. The highest BCUT2D eigenvalue weighted by molar-refractivity contribution is 5.97. The summed E-state index contributed by atoms with van der Waals surface area (Å²) in [6.07, 6.45) is 11.2. The summed E-state index contributed by atoms with van der Waals surface area (Å²) in [7, 11) is 9.03. The average Bonchev–Trinajstić information content (AvgIpc) is 2.96. The van der Waals surface area contributed by atoms with Crippen LogP contribution in [0.5, 0.6) is 5.75 Å². The van der Waals surface area contributed by atoms with Gasteiger partial charge in [0.2, 0.25) is 0 Å². The van der Waals surface area contributed by atoms with Crippen molar-refractivity contribution in [3.8, 4) is 5.75 Å². The van der Waals surface area contributed by atoms with E-state index in [9.17, 15) is 14.9 Å². The summed E-state index contributed by atoms with van der Waals surface area (Å²) in [5.41, 5.74) is 2.16. The van der Waals surface area contributed by atoms with Gasteiger partial charge in [-0.2, -0.15) is 0 Å². The number of pyridine rings is 1. The molecule has 0 fully saturated rings. The molecule has 0 unspecified atom stereocenters. The number of nitrogens with one attached hydrogen (secondary N) is 2. The summed E-state index contributed by atoms with van der Waals surface area (Å²) in [6.45, 7) is 5.93. The number of dihydropyridines is 1. The Morgan fingerprint density at radius 2 is 2.02 bits per heavy atom. The van der Waals surface area contributed by atoms with E-state index in [4.69, 9.17) is 4.74 Å². The number of anilines is 2. The van der Waals surface area contributed by atoms with E-state index >= 15 is 0 Å². The summed E-state index contributed by atoms with van der Waals surface area (Å²) >= 11 is 0. The number of nitro groups is 1. The lowest BCUT2D eigenvalue weighted by atomic mass is 10.1. The van der Waals surface area contributed by atoms with Gasteiger partial charge in [0.15, 0.2) is 0 Å². The second kappa shape index (κ2) is 14.3. The highest BCUT2D eigenvalue weighted by atomic mass is 16.6. The van der Waals surface area contributed by atoms with Gasteiger partial charge >= 0.3 is 0 Å². The molecular formula is C30H41N7O4. The van der Waals surface area contributed by atoms with Crippen LogP contribution in [-0.4, -0.2) is 68.1 Å². The Balaban J connectivity index is 2.06. The molecule has 1 aliphatic heterocycles. The van der Waals surface area contributed by atoms with Crippen molar-refractivity contribution >= 4 is 40.7 Å². The van der Waals surface area contributed by atoms with Gasteiger partial charge in [-0.25, -0.2) is 4.99 Å². The molecule has 1 aliphatic rings. The Bertz CT molecular complexity index is 1540. The molecule has 0 aliphatic carbocycles. The SMILES string of the molecule is CCC/C=c1/c(=C\N=C(C)Nc2cc([N+](=O)[O-])c(N(C)CCN(C)C)cc2OC)cc(C2=CNCC=C2)c(=O)n1C. The lowest BCUT2D eigenvalue weighted by Crippen LogP contribution is -2.43. The normalized spacial score (nSPS) is 14.2. The third kappa shape index (κ3) is 7.85. The molecule has 0 atom stereocenters. The van der Waals surface area contributed by atoms with Crippen molar-refractivity contribution in [2.24, 2.45) is 12.0 Å². The van der Waals surface area contributed by atoms with E-state index in [1.54, 1.807) is 30.8 Å². The van der Waals surface area contributed by atoms with E-state index in [2.05, 4.69) is 22.5 Å². The minimum Gasteiger partial charge on any atom is -0.494 e. The number of nitro benzene ring substituents is 1. The number of rotatable bonds is 11. The van der Waals surface area contributed by atoms with Gasteiger partial charge in [-0.15, -0.1) is 0 Å². The molecule has 0 saturated heterocycles. The molecule has 2 heterocycles. The first-order valence-corrected chi connectivity index (χ1v) is 13.6. The van der Waals surface area contributed by atoms with Gasteiger partial charge in [0.1, 0.15) is 17.3 Å². The molecule has 0 bridgehead atoms. The van der Waals surface area contributed by atoms with E-state index in [-0.39, 0.29) is 11.2 Å². The molecule has 0 saturated carbocycles. The number of hydrogen-bond donors (Lipinski definition) is 2. The van der Waals surface area contributed by atoms with Crippen LogP contribution in [0.3, 0.4) is 0 Å². The van der Waals surface area contributed by atoms with Crippen LogP contribution in [-0.2, 0) is 7.05 Å². The number of benzene rings is 1. The Kier molecular flexibility index (Phi) is 10.9. The highest BCUT2D eigenvalue weighted by Crippen LogP contribution is 2.38. The van der Waals surface area contributed by atoms with Crippen molar-refractivity contribution in [2.75, 3.05) is 58.1 Å². The van der Waals surface area contributed by atoms with E-state index in [0.29, 0.717) is 35.1 Å². The van der Waals surface area contributed by atoms with E-state index in [0.717, 1.165) is 42.1 Å². The quantitative estimate of drug-likeness (QED) is 0.186. The van der Waals surface area contributed by atoms with Gasteiger partial charge in [-0.3, -0.25) is 14.9 Å². The second-order valence-corrected chi connectivity index (χ2v) is 10.2. The predicted octanol–water partition coefficient (Wildman–Crippen LogP) is 2.65. The summed E-state index contributed by atoms with van der Waals surface area (Å²) in [4.78, 5) is 33.3. The Morgan fingerprint density at radius 3 is 2.63 bits per heavy atom. The zero-order valence-electron chi connectivity index (χ0n) is 25.0. The average molecular weight is 564 g/mol. The fraction of sp³-hybridized carbons (Fsp3) is 0.400. The molecule has 0 amide bonds. The van der Waals surface area contributed by atoms with Gasteiger partial charge in [-0.1, -0.05) is 31.6 Å². The van der Waals surface area contributed by atoms with Crippen LogP contribution in [0, 0.1) is 10.1 Å². The van der Waals surface area contributed by atoms with Crippen LogP contribution in [0.2, 0.25) is 0 Å². The number of aliphatic imine (C=N–C) groups is 1. The minimum atomic E-state index is -0.393. The van der Waals surface area contributed by atoms with Crippen LogP contribution >= 0.6 is 0 Å². The topological polar surface area (TPSA) is 117 Å². The third-order valence-electron chi connectivity index (χ3n) is 6.72. The van der Waals surface area contributed by atoms with Gasteiger partial charge in [0, 0.05) is 80.0 Å². The molecule has 41 heavy (non-hydrogen) atoms. The van der Waals surface area contributed by atoms with Gasteiger partial charge in [0.25, 0.3) is 11.2 Å². The fourth-order valence-electron chi connectivity index (χ4n) is 4.40. The maximum Gasteiger partial charge on any atom is 0.294 e. The number of aromatic nitrogens is 1. The number of unbranched alkanes of at least 4 members (excludes halogenated alkanes) is 1. The third-order valence-corrected chi connectivity index (χ3v) is 6.72. The Morgan fingerprint density at radius 1 is 1.27 bits per heavy atom. The van der Waals surface area contributed by atoms with E-state index in [1.165, 1.54) is 13.2 Å². The monoisotopic (exact) mass is 563 g/mol. The molecule has 2 aromatic rings. The Labute approximate surface area is 241 Å². The van der Waals surface area contributed by atoms with Crippen LogP contribution in [0.4, 0.5) is 17.1 Å². The van der Waals surface area contributed by atoms with E-state index < -0.39 is 4.92 Å². The number of nitrogens with zero attached hydrogens (tertiary/aromatic N) is 5. The van der Waals surface area contributed by atoms with Crippen LogP contribution in [0.25, 0.3) is 17.8 Å². The molecular weight excluding hydrogens is 522 g/mol. The maximum absolute atomic E-state index is 13.2. The minimum absolute atomic E-state index is 0.0343. The van der Waals surface area contributed by atoms with Crippen molar-refractivity contribution in [3.05, 3.63) is 73.2 Å². The molecule has 220 valence electrons. The lowest BCUT2D eigenvalue weighted by molar-refractivity contribution is -0.384. The molecule has 1 aromatic carbocycles. The van der Waals surface area contributed by atoms with Crippen molar-refractivity contribution < 1.29 is 9.66 Å². The maximum atomic E-state index is 13.2. The standard InChI is InChI=1S/C30H41N7O4/c1-8-9-12-26-23(16-24(30(38)36(26)6)22-11-10-13-31-19-22)20-32-21(2)33-25-17-28(37(39)40)27(18-29(25)41-7)35(5)15-14-34(3)4/h10-12,16-20,31H,8-9,13-15H2,1-7H3,(H,32,33)/b23-20-,26-12-. The van der Waals surface area contributed by atoms with Crippen molar-refractivity contribution in [1.29, 1.82) is 0 Å². The second-order valence-electron chi connectivity index (χ2n) is 10.2. The molecule has 1 aromatic heterocycles. The summed E-state index contributed by atoms with van der Waals surface area (Å²) in [6, 6.07) is 5.00. The molecule has 0 radical (unpaired) electrons. The van der Waals surface area contributed by atoms with Gasteiger partial charge < -0.3 is 29.7 Å². The lowest BCUT2D eigenvalue weighted by Gasteiger charge is -2.22. The molecule has 11 nitrogen and oxygen atoms in total. The summed E-state index contributed by atoms with van der Waals surface area (Å²) in [5.74, 6) is 0.961. The molecule has 2 N–H and O–H groups in total. The number of ether oxygens (including phenoxy) is 1.